The zero-order chi connectivity index (χ0) is 21.0. The van der Waals surface area contributed by atoms with Gasteiger partial charge in [-0.3, -0.25) is 9.69 Å². The quantitative estimate of drug-likeness (QED) is 0.729. The van der Waals surface area contributed by atoms with Crippen LogP contribution in [0.5, 0.6) is 0 Å². The molecule has 2 saturated heterocycles. The van der Waals surface area contributed by atoms with E-state index < -0.39 is 10.0 Å². The average Bonchev–Trinajstić information content (AvgIpc) is 3.50. The lowest BCUT2D eigenvalue weighted by Gasteiger charge is -2.31. The predicted molar refractivity (Wildman–Crippen MR) is 113 cm³/mol. The van der Waals surface area contributed by atoms with Crippen LogP contribution in [-0.4, -0.2) is 56.3 Å². The van der Waals surface area contributed by atoms with Gasteiger partial charge in [-0.2, -0.15) is 4.31 Å². The number of amides is 1. The Bertz CT molecular complexity index is 917. The highest BCUT2D eigenvalue weighted by molar-refractivity contribution is 7.89. The van der Waals surface area contributed by atoms with Gasteiger partial charge < -0.3 is 9.73 Å². The molecule has 2 aromatic rings. The molecule has 1 atom stereocenters. The molecule has 1 N–H and O–H groups in total. The van der Waals surface area contributed by atoms with Gasteiger partial charge >= 0.3 is 0 Å². The van der Waals surface area contributed by atoms with Crippen LogP contribution >= 0.6 is 0 Å². The van der Waals surface area contributed by atoms with Crippen molar-refractivity contribution < 1.29 is 17.6 Å². The van der Waals surface area contributed by atoms with Crippen LogP contribution in [0.1, 0.15) is 37.5 Å². The minimum absolute atomic E-state index is 0.00233. The largest absolute Gasteiger partial charge is 0.468 e. The summed E-state index contributed by atoms with van der Waals surface area (Å²) in [5.74, 6) is 0.714. The molecule has 2 aliphatic heterocycles. The third-order valence-electron chi connectivity index (χ3n) is 6.13. The molecule has 1 aromatic heterocycles. The number of nitrogens with zero attached hydrogens (tertiary/aromatic N) is 2. The summed E-state index contributed by atoms with van der Waals surface area (Å²) in [7, 11) is -3.50. The van der Waals surface area contributed by atoms with Crippen LogP contribution in [0.15, 0.2) is 58.0 Å². The number of piperidine rings is 1. The van der Waals surface area contributed by atoms with E-state index in [1.807, 2.05) is 12.1 Å². The Hall–Kier alpha value is -2.16. The summed E-state index contributed by atoms with van der Waals surface area (Å²) in [6.07, 6.45) is 5.07. The molecule has 7 nitrogen and oxygen atoms in total. The molecule has 8 heteroatoms. The number of furan rings is 1. The molecule has 0 aliphatic carbocycles. The lowest BCUT2D eigenvalue weighted by atomic mass is 9.97. The standard InChI is InChI=1S/C22H29N3O4S/c26-22(23-17-20(21-9-6-16-29-21)24-12-4-5-13-24)18-10-14-25(15-11-18)30(27,28)19-7-2-1-3-8-19/h1-3,6-9,16,18,20H,4-5,10-15,17H2,(H,23,26). The molecule has 2 fully saturated rings. The Labute approximate surface area is 178 Å². The molecule has 0 spiro atoms. The van der Waals surface area contributed by atoms with Crippen molar-refractivity contribution in [3.63, 3.8) is 0 Å². The van der Waals surface area contributed by atoms with Crippen LogP contribution in [-0.2, 0) is 14.8 Å². The fourth-order valence-electron chi connectivity index (χ4n) is 4.39. The highest BCUT2D eigenvalue weighted by Crippen LogP contribution is 2.26. The van der Waals surface area contributed by atoms with E-state index in [2.05, 4.69) is 10.2 Å². The third kappa shape index (κ3) is 4.61. The van der Waals surface area contributed by atoms with Crippen molar-refractivity contribution in [3.8, 4) is 0 Å². The predicted octanol–water partition coefficient (Wildman–Crippen LogP) is 2.63. The van der Waals surface area contributed by atoms with Crippen molar-refractivity contribution in [3.05, 3.63) is 54.5 Å². The topological polar surface area (TPSA) is 82.9 Å². The first-order valence-electron chi connectivity index (χ1n) is 10.7. The van der Waals surface area contributed by atoms with Gasteiger partial charge in [-0.15, -0.1) is 0 Å². The highest BCUT2D eigenvalue weighted by Gasteiger charge is 2.33. The zero-order valence-electron chi connectivity index (χ0n) is 17.1. The van der Waals surface area contributed by atoms with Crippen molar-refractivity contribution in [1.29, 1.82) is 0 Å². The van der Waals surface area contributed by atoms with E-state index in [1.165, 1.54) is 17.1 Å². The minimum atomic E-state index is -3.50. The number of hydrogen-bond donors (Lipinski definition) is 1. The molecule has 0 radical (unpaired) electrons. The zero-order valence-corrected chi connectivity index (χ0v) is 17.9. The first kappa shape index (κ1) is 21.1. The van der Waals surface area contributed by atoms with Gasteiger partial charge in [0.15, 0.2) is 0 Å². The van der Waals surface area contributed by atoms with E-state index in [0.29, 0.717) is 37.4 Å². The minimum Gasteiger partial charge on any atom is -0.468 e. The molecular weight excluding hydrogens is 402 g/mol. The van der Waals surface area contributed by atoms with Crippen LogP contribution in [0.4, 0.5) is 0 Å². The van der Waals surface area contributed by atoms with Gasteiger partial charge in [-0.05, 0) is 63.0 Å². The van der Waals surface area contributed by atoms with Gasteiger partial charge in [0.25, 0.3) is 0 Å². The normalized spacial score (nSPS) is 20.3. The van der Waals surface area contributed by atoms with Gasteiger partial charge in [0.1, 0.15) is 5.76 Å². The van der Waals surface area contributed by atoms with Gasteiger partial charge in [0, 0.05) is 25.6 Å². The Morgan fingerprint density at radius 2 is 1.73 bits per heavy atom. The number of carbonyl (C=O) groups excluding carboxylic acids is 1. The van der Waals surface area contributed by atoms with E-state index in [0.717, 1.165) is 18.8 Å². The number of carbonyl (C=O) groups is 1. The average molecular weight is 432 g/mol. The first-order chi connectivity index (χ1) is 14.6. The number of nitrogens with one attached hydrogen (secondary N) is 1. The van der Waals surface area contributed by atoms with Crippen molar-refractivity contribution in [2.45, 2.75) is 36.6 Å². The van der Waals surface area contributed by atoms with Gasteiger partial charge in [-0.25, -0.2) is 8.42 Å². The fraction of sp³-hybridized carbons (Fsp3) is 0.500. The molecule has 3 heterocycles. The molecule has 1 unspecified atom stereocenters. The molecule has 1 amide bonds. The summed E-state index contributed by atoms with van der Waals surface area (Å²) in [5, 5.41) is 3.09. The molecule has 0 bridgehead atoms. The Kier molecular flexibility index (Phi) is 6.55. The Morgan fingerprint density at radius 3 is 2.37 bits per heavy atom. The van der Waals surface area contributed by atoms with Crippen molar-refractivity contribution in [2.24, 2.45) is 5.92 Å². The van der Waals surface area contributed by atoms with E-state index in [1.54, 1.807) is 36.6 Å². The van der Waals surface area contributed by atoms with Crippen molar-refractivity contribution in [2.75, 3.05) is 32.7 Å². The second kappa shape index (κ2) is 9.32. The summed E-state index contributed by atoms with van der Waals surface area (Å²) in [6, 6.07) is 12.4. The number of rotatable bonds is 7. The Balaban J connectivity index is 1.32. The number of likely N-dealkylation sites (tertiary alicyclic amines) is 1. The maximum Gasteiger partial charge on any atom is 0.243 e. The van der Waals surface area contributed by atoms with Gasteiger partial charge in [0.2, 0.25) is 15.9 Å². The SMILES string of the molecule is O=C(NCC(c1ccco1)N1CCCC1)C1CCN(S(=O)(=O)c2ccccc2)CC1. The molecule has 1 aromatic carbocycles. The van der Waals surface area contributed by atoms with E-state index in [4.69, 9.17) is 4.42 Å². The van der Waals surface area contributed by atoms with Crippen LogP contribution in [0.25, 0.3) is 0 Å². The first-order valence-corrected chi connectivity index (χ1v) is 12.1. The Morgan fingerprint density at radius 1 is 1.03 bits per heavy atom. The molecule has 4 rings (SSSR count). The summed E-state index contributed by atoms with van der Waals surface area (Å²) >= 11 is 0. The van der Waals surface area contributed by atoms with E-state index in [9.17, 15) is 13.2 Å². The highest BCUT2D eigenvalue weighted by atomic mass is 32.2. The lowest BCUT2D eigenvalue weighted by molar-refractivity contribution is -0.126. The molecule has 2 aliphatic rings. The third-order valence-corrected chi connectivity index (χ3v) is 8.04. The van der Waals surface area contributed by atoms with Crippen molar-refractivity contribution >= 4 is 15.9 Å². The van der Waals surface area contributed by atoms with Crippen LogP contribution in [0.3, 0.4) is 0 Å². The lowest BCUT2D eigenvalue weighted by Crippen LogP contribution is -2.44. The molecule has 162 valence electrons. The summed E-state index contributed by atoms with van der Waals surface area (Å²) in [4.78, 5) is 15.4. The van der Waals surface area contributed by atoms with Crippen LogP contribution in [0, 0.1) is 5.92 Å². The summed E-state index contributed by atoms with van der Waals surface area (Å²) < 4.78 is 32.6. The van der Waals surface area contributed by atoms with Crippen molar-refractivity contribution in [1.82, 2.24) is 14.5 Å². The molecule has 30 heavy (non-hydrogen) atoms. The number of sulfonamides is 1. The summed E-state index contributed by atoms with van der Waals surface area (Å²) in [6.45, 7) is 3.26. The number of hydrogen-bond acceptors (Lipinski definition) is 5. The monoisotopic (exact) mass is 431 g/mol. The van der Waals surface area contributed by atoms with Gasteiger partial charge in [0.05, 0.1) is 17.2 Å². The second-order valence-corrected chi connectivity index (χ2v) is 9.95. The maximum atomic E-state index is 12.8. The maximum absolute atomic E-state index is 12.8. The number of benzene rings is 1. The van der Waals surface area contributed by atoms with E-state index >= 15 is 0 Å². The smallest absolute Gasteiger partial charge is 0.243 e. The second-order valence-electron chi connectivity index (χ2n) is 8.01. The van der Waals surface area contributed by atoms with Crippen LogP contribution < -0.4 is 5.32 Å². The van der Waals surface area contributed by atoms with Crippen LogP contribution in [0.2, 0.25) is 0 Å². The molecule has 0 saturated carbocycles. The van der Waals surface area contributed by atoms with E-state index in [-0.39, 0.29) is 17.9 Å². The summed E-state index contributed by atoms with van der Waals surface area (Å²) in [5.41, 5.74) is 0. The molecular formula is C22H29N3O4S. The van der Waals surface area contributed by atoms with Gasteiger partial charge in [-0.1, -0.05) is 18.2 Å². The fourth-order valence-corrected chi connectivity index (χ4v) is 5.88.